The van der Waals surface area contributed by atoms with Gasteiger partial charge in [0.15, 0.2) is 0 Å². The zero-order valence-electron chi connectivity index (χ0n) is 3.91. The van der Waals surface area contributed by atoms with Gasteiger partial charge >= 0.3 is 0 Å². The first-order chi connectivity index (χ1) is 2.56. The maximum atomic E-state index is 11.7. The van der Waals surface area contributed by atoms with Crippen LogP contribution >= 0.6 is 0 Å². The van der Waals surface area contributed by atoms with Crippen LogP contribution < -0.4 is 0 Å². The molecule has 0 aliphatic heterocycles. The van der Waals surface area contributed by atoms with Gasteiger partial charge in [-0.1, -0.05) is 0 Å². The molecule has 3 heteroatoms. The number of alkyl halides is 1. The molecular weight excluding hydrogens is 88.0 g/mol. The van der Waals surface area contributed by atoms with E-state index < -0.39 is 11.5 Å². The zero-order chi connectivity index (χ0) is 5.21. The molecule has 0 saturated heterocycles. The van der Waals surface area contributed by atoms with Crippen molar-refractivity contribution in [3.05, 3.63) is 0 Å². The van der Waals surface area contributed by atoms with Crippen LogP contribution in [0, 0.1) is 0 Å². The maximum absolute atomic E-state index is 11.7. The van der Waals surface area contributed by atoms with Crippen LogP contribution in [0.25, 0.3) is 0 Å². The van der Waals surface area contributed by atoms with Crippen molar-refractivity contribution < 1.29 is 13.6 Å². The van der Waals surface area contributed by atoms with Crippen molar-refractivity contribution in [2.24, 2.45) is 0 Å². The maximum Gasteiger partial charge on any atom is 0.256 e. The molecule has 0 aromatic heterocycles. The molecule has 0 heterocycles. The highest BCUT2D eigenvalue weighted by Gasteiger charge is 2.09. The Kier molecular flexibility index (Phi) is 1.47. The molecule has 0 atom stereocenters. The molecule has 0 aliphatic rings. The lowest BCUT2D eigenvalue weighted by Gasteiger charge is -2.07. The number of halogens is 2. The predicted molar refractivity (Wildman–Crippen MR) is 19.2 cm³/mol. The van der Waals surface area contributed by atoms with Gasteiger partial charge in [-0.25, -0.2) is 0 Å². The highest BCUT2D eigenvalue weighted by Crippen LogP contribution is 1.94. The summed E-state index contributed by atoms with van der Waals surface area (Å²) in [5.74, 6) is 0. The van der Waals surface area contributed by atoms with E-state index in [0.29, 0.717) is 0 Å². The van der Waals surface area contributed by atoms with E-state index >= 15 is 0 Å². The number of quaternary nitrogens is 1. The fraction of sp³-hybridized carbons (Fsp3) is 1.00. The molecule has 0 rings (SSSR count). The van der Waals surface area contributed by atoms with Crippen molar-refractivity contribution in [1.82, 2.24) is 0 Å². The van der Waals surface area contributed by atoms with Gasteiger partial charge in [0.1, 0.15) is 14.1 Å². The van der Waals surface area contributed by atoms with Crippen molar-refractivity contribution in [2.75, 3.05) is 20.9 Å². The van der Waals surface area contributed by atoms with Gasteiger partial charge in [0, 0.05) is 0 Å². The smallest absolute Gasteiger partial charge is 0.185 e. The van der Waals surface area contributed by atoms with E-state index in [2.05, 4.69) is 0 Å². The Bertz CT molecular complexity index is 38.5. The van der Waals surface area contributed by atoms with Crippen LogP contribution in [0.4, 0.5) is 8.87 Å². The summed E-state index contributed by atoms with van der Waals surface area (Å²) in [6.07, 6.45) is 0. The molecule has 0 spiro atoms. The molecule has 0 bridgehead atoms. The first kappa shape index (κ1) is 5.82. The summed E-state index contributed by atoms with van der Waals surface area (Å²) < 4.78 is 21.7. The average molecular weight is 96.1 g/mol. The van der Waals surface area contributed by atoms with Crippen LogP contribution in [-0.4, -0.2) is 25.6 Å². The Hall–Kier alpha value is -0.180. The fourth-order valence-electron chi connectivity index (χ4n) is 0. The van der Waals surface area contributed by atoms with E-state index in [1.54, 1.807) is 0 Å². The van der Waals surface area contributed by atoms with Gasteiger partial charge in [-0.2, -0.15) is 4.39 Å². The minimum absolute atomic E-state index is 0.958. The third-order valence-corrected chi connectivity index (χ3v) is 0.284. The number of rotatable bonds is 1. The molecule has 1 nitrogen and oxygen atoms in total. The predicted octanol–water partition coefficient (Wildman–Crippen LogP) is 0.874. The lowest BCUT2D eigenvalue weighted by atomic mass is 10.9. The van der Waals surface area contributed by atoms with Crippen LogP contribution in [0.5, 0.6) is 0 Å². The quantitative estimate of drug-likeness (QED) is 0.335. The molecule has 6 heavy (non-hydrogen) atoms. The van der Waals surface area contributed by atoms with Crippen LogP contribution in [0.15, 0.2) is 0 Å². The third kappa shape index (κ3) is 3.82. The monoisotopic (exact) mass is 96.1 g/mol. The molecule has 38 valence electrons. The molecule has 0 fully saturated rings. The van der Waals surface area contributed by atoms with E-state index in [0.717, 1.165) is 14.1 Å². The van der Waals surface area contributed by atoms with Crippen LogP contribution in [0.1, 0.15) is 0 Å². The van der Waals surface area contributed by atoms with Gasteiger partial charge in [-0.05, 0) is 4.48 Å². The average Bonchev–Trinajstić information content (AvgIpc) is 1.35. The van der Waals surface area contributed by atoms with Gasteiger partial charge < -0.3 is 0 Å². The van der Waals surface area contributed by atoms with E-state index in [-0.39, 0.29) is 0 Å². The van der Waals surface area contributed by atoms with Gasteiger partial charge in [-0.3, -0.25) is 0 Å². The van der Waals surface area contributed by atoms with Crippen LogP contribution in [-0.2, 0) is 0 Å². The van der Waals surface area contributed by atoms with E-state index in [9.17, 15) is 8.87 Å². The zero-order valence-corrected chi connectivity index (χ0v) is 3.91. The Balaban J connectivity index is 3.17. The van der Waals surface area contributed by atoms with Crippen molar-refractivity contribution >= 4 is 0 Å². The summed E-state index contributed by atoms with van der Waals surface area (Å²) in [6.45, 7) is -0.958. The highest BCUT2D eigenvalue weighted by atomic mass is 19.2. The molecule has 0 amide bonds. The van der Waals surface area contributed by atoms with Crippen molar-refractivity contribution in [3.8, 4) is 0 Å². The second-order valence-electron chi connectivity index (χ2n) is 1.66. The SMILES string of the molecule is C[N+](C)(F)CF. The van der Waals surface area contributed by atoms with Gasteiger partial charge in [0.2, 0.25) is 0 Å². The van der Waals surface area contributed by atoms with E-state index in [1.165, 1.54) is 0 Å². The van der Waals surface area contributed by atoms with E-state index in [4.69, 9.17) is 0 Å². The number of nitrogens with zero attached hydrogens (tertiary/aromatic N) is 1. The molecule has 0 aromatic carbocycles. The molecule has 0 saturated carbocycles. The molecular formula is C3H8F2N+. The van der Waals surface area contributed by atoms with Crippen molar-refractivity contribution in [2.45, 2.75) is 0 Å². The summed E-state index contributed by atoms with van der Waals surface area (Å²) in [5, 5.41) is 0. The Morgan fingerprint density at radius 3 is 1.67 bits per heavy atom. The van der Waals surface area contributed by atoms with Crippen molar-refractivity contribution in [1.29, 1.82) is 0 Å². The topological polar surface area (TPSA) is 0 Å². The minimum atomic E-state index is -1.10. The first-order valence-electron chi connectivity index (χ1n) is 1.65. The summed E-state index contributed by atoms with van der Waals surface area (Å²) in [4.78, 5) is 0. The lowest BCUT2D eigenvalue weighted by Crippen LogP contribution is -2.27. The third-order valence-electron chi connectivity index (χ3n) is 0.284. The summed E-state index contributed by atoms with van der Waals surface area (Å²) >= 11 is 0. The van der Waals surface area contributed by atoms with Gasteiger partial charge in [0.05, 0.1) is 0 Å². The Morgan fingerprint density at radius 2 is 1.67 bits per heavy atom. The second-order valence-corrected chi connectivity index (χ2v) is 1.66. The standard InChI is InChI=1S/C3H8F2N/c1-6(2,5)3-4/h3H2,1-2H3/q+1. The second kappa shape index (κ2) is 1.51. The van der Waals surface area contributed by atoms with Gasteiger partial charge in [0.25, 0.3) is 6.80 Å². The van der Waals surface area contributed by atoms with E-state index in [1.807, 2.05) is 0 Å². The molecule has 0 aromatic rings. The summed E-state index contributed by atoms with van der Waals surface area (Å²) in [7, 11) is 2.28. The Morgan fingerprint density at radius 1 is 1.50 bits per heavy atom. The molecule has 0 unspecified atom stereocenters. The molecule has 0 radical (unpaired) electrons. The van der Waals surface area contributed by atoms with Gasteiger partial charge in [-0.15, -0.1) is 4.71 Å². The first-order valence-corrected chi connectivity index (χ1v) is 1.65. The van der Waals surface area contributed by atoms with Crippen LogP contribution in [0.2, 0.25) is 0 Å². The minimum Gasteiger partial charge on any atom is -0.185 e. The molecule has 0 N–H and O–H groups in total. The summed E-state index contributed by atoms with van der Waals surface area (Å²) in [6, 6.07) is 0. The van der Waals surface area contributed by atoms with Crippen LogP contribution in [0.3, 0.4) is 0 Å². The number of hydrogen-bond donors (Lipinski definition) is 0. The number of hydrogen-bond acceptors (Lipinski definition) is 0. The highest BCUT2D eigenvalue weighted by molar-refractivity contribution is 3.85. The molecule has 0 aliphatic carbocycles. The van der Waals surface area contributed by atoms with Crippen molar-refractivity contribution in [3.63, 3.8) is 0 Å². The summed E-state index contributed by atoms with van der Waals surface area (Å²) in [5.41, 5.74) is 0. The Labute approximate surface area is 35.7 Å². The normalized spacial score (nSPS) is 12.0. The lowest BCUT2D eigenvalue weighted by molar-refractivity contribution is -1.03. The largest absolute Gasteiger partial charge is 0.256 e. The fourth-order valence-corrected chi connectivity index (χ4v) is 0.